The standard InChI is InChI=1S/C10H11F3N2O2/c11-10(12,13)9(14)6-5-7-3-1-2-4-8(7)15(16)17/h1-4,9H,5-6,14H2. The number of rotatable bonds is 4. The highest BCUT2D eigenvalue weighted by Gasteiger charge is 2.36. The fourth-order valence-corrected chi connectivity index (χ4v) is 1.38. The Bertz CT molecular complexity index is 407. The molecule has 0 saturated heterocycles. The summed E-state index contributed by atoms with van der Waals surface area (Å²) < 4.78 is 36.5. The second-order valence-corrected chi connectivity index (χ2v) is 3.57. The lowest BCUT2D eigenvalue weighted by molar-refractivity contribution is -0.385. The van der Waals surface area contributed by atoms with Crippen molar-refractivity contribution in [3.63, 3.8) is 0 Å². The van der Waals surface area contributed by atoms with Crippen LogP contribution in [0.5, 0.6) is 0 Å². The van der Waals surface area contributed by atoms with E-state index in [1.165, 1.54) is 18.2 Å². The Kier molecular flexibility index (Phi) is 4.06. The number of halogens is 3. The smallest absolute Gasteiger partial charge is 0.320 e. The minimum absolute atomic E-state index is 0.0716. The van der Waals surface area contributed by atoms with Crippen LogP contribution in [-0.2, 0) is 6.42 Å². The third-order valence-corrected chi connectivity index (χ3v) is 2.33. The van der Waals surface area contributed by atoms with Crippen LogP contribution in [0.2, 0.25) is 0 Å². The van der Waals surface area contributed by atoms with Crippen LogP contribution in [0.25, 0.3) is 0 Å². The zero-order valence-corrected chi connectivity index (χ0v) is 8.78. The zero-order chi connectivity index (χ0) is 13.1. The first-order valence-electron chi connectivity index (χ1n) is 4.87. The molecule has 0 bridgehead atoms. The molecule has 4 nitrogen and oxygen atoms in total. The maximum atomic E-state index is 12.2. The average Bonchev–Trinajstić information content (AvgIpc) is 2.24. The minimum Gasteiger partial charge on any atom is -0.320 e. The van der Waals surface area contributed by atoms with Crippen molar-refractivity contribution in [3.05, 3.63) is 39.9 Å². The van der Waals surface area contributed by atoms with Crippen LogP contribution in [0.3, 0.4) is 0 Å². The fraction of sp³-hybridized carbons (Fsp3) is 0.400. The van der Waals surface area contributed by atoms with Gasteiger partial charge in [0.25, 0.3) is 5.69 Å². The first kappa shape index (κ1) is 13.4. The topological polar surface area (TPSA) is 69.2 Å². The number of nitrogens with zero attached hydrogens (tertiary/aromatic N) is 1. The van der Waals surface area contributed by atoms with Gasteiger partial charge in [-0.2, -0.15) is 13.2 Å². The third kappa shape index (κ3) is 3.70. The SMILES string of the molecule is NC(CCc1ccccc1[N+](=O)[O-])C(F)(F)F. The molecule has 2 N–H and O–H groups in total. The molecular formula is C10H11F3N2O2. The lowest BCUT2D eigenvalue weighted by atomic mass is 10.0. The monoisotopic (exact) mass is 248 g/mol. The van der Waals surface area contributed by atoms with Gasteiger partial charge in [0.2, 0.25) is 0 Å². The summed E-state index contributed by atoms with van der Waals surface area (Å²) in [7, 11) is 0. The highest BCUT2D eigenvalue weighted by molar-refractivity contribution is 5.39. The highest BCUT2D eigenvalue weighted by Crippen LogP contribution is 2.24. The third-order valence-electron chi connectivity index (χ3n) is 2.33. The van der Waals surface area contributed by atoms with E-state index in [0.29, 0.717) is 0 Å². The van der Waals surface area contributed by atoms with Gasteiger partial charge in [-0.3, -0.25) is 10.1 Å². The molecule has 1 atom stereocenters. The normalized spacial score (nSPS) is 13.4. The zero-order valence-electron chi connectivity index (χ0n) is 8.78. The highest BCUT2D eigenvalue weighted by atomic mass is 19.4. The molecule has 0 aliphatic carbocycles. The Morgan fingerprint density at radius 1 is 1.35 bits per heavy atom. The molecule has 7 heteroatoms. The van der Waals surface area contributed by atoms with Crippen LogP contribution in [0.4, 0.5) is 18.9 Å². The number of benzene rings is 1. The molecule has 94 valence electrons. The number of alkyl halides is 3. The Hall–Kier alpha value is -1.63. The van der Waals surface area contributed by atoms with Gasteiger partial charge in [-0.25, -0.2) is 0 Å². The van der Waals surface area contributed by atoms with E-state index in [1.54, 1.807) is 6.07 Å². The molecule has 1 aromatic carbocycles. The van der Waals surface area contributed by atoms with Crippen molar-refractivity contribution in [2.75, 3.05) is 0 Å². The lowest BCUT2D eigenvalue weighted by Gasteiger charge is -2.15. The quantitative estimate of drug-likeness (QED) is 0.657. The van der Waals surface area contributed by atoms with Gasteiger partial charge in [0.15, 0.2) is 0 Å². The van der Waals surface area contributed by atoms with Crippen molar-refractivity contribution < 1.29 is 18.1 Å². The van der Waals surface area contributed by atoms with Gasteiger partial charge in [-0.15, -0.1) is 0 Å². The molecule has 0 aliphatic rings. The average molecular weight is 248 g/mol. The van der Waals surface area contributed by atoms with E-state index in [4.69, 9.17) is 5.73 Å². The molecule has 0 spiro atoms. The van der Waals surface area contributed by atoms with E-state index < -0.39 is 17.1 Å². The predicted octanol–water partition coefficient (Wildman–Crippen LogP) is 2.42. The van der Waals surface area contributed by atoms with Gasteiger partial charge in [0, 0.05) is 11.6 Å². The largest absolute Gasteiger partial charge is 0.403 e. The molecule has 17 heavy (non-hydrogen) atoms. The summed E-state index contributed by atoms with van der Waals surface area (Å²) in [6, 6.07) is 3.74. The summed E-state index contributed by atoms with van der Waals surface area (Å²) in [4.78, 5) is 10.00. The fourth-order valence-electron chi connectivity index (χ4n) is 1.38. The first-order valence-corrected chi connectivity index (χ1v) is 4.87. The molecule has 0 radical (unpaired) electrons. The van der Waals surface area contributed by atoms with E-state index in [0.717, 1.165) is 0 Å². The van der Waals surface area contributed by atoms with Crippen molar-refractivity contribution in [3.8, 4) is 0 Å². The van der Waals surface area contributed by atoms with Crippen molar-refractivity contribution in [2.45, 2.75) is 25.1 Å². The van der Waals surface area contributed by atoms with Gasteiger partial charge >= 0.3 is 6.18 Å². The van der Waals surface area contributed by atoms with Crippen molar-refractivity contribution in [1.29, 1.82) is 0 Å². The van der Waals surface area contributed by atoms with Crippen LogP contribution >= 0.6 is 0 Å². The van der Waals surface area contributed by atoms with E-state index in [1.807, 2.05) is 0 Å². The van der Waals surface area contributed by atoms with Gasteiger partial charge in [0.1, 0.15) is 6.04 Å². The van der Waals surface area contributed by atoms with E-state index in [9.17, 15) is 23.3 Å². The minimum atomic E-state index is -4.47. The lowest BCUT2D eigenvalue weighted by Crippen LogP contribution is -2.37. The van der Waals surface area contributed by atoms with Crippen molar-refractivity contribution in [2.24, 2.45) is 5.73 Å². The number of hydrogen-bond acceptors (Lipinski definition) is 3. The molecule has 0 heterocycles. The van der Waals surface area contributed by atoms with Gasteiger partial charge < -0.3 is 5.73 Å². The van der Waals surface area contributed by atoms with Gasteiger partial charge in [0.05, 0.1) is 4.92 Å². The predicted molar refractivity (Wildman–Crippen MR) is 55.4 cm³/mol. The van der Waals surface area contributed by atoms with Crippen LogP contribution in [-0.4, -0.2) is 17.1 Å². The second-order valence-electron chi connectivity index (χ2n) is 3.57. The molecule has 0 amide bonds. The molecular weight excluding hydrogens is 237 g/mol. The maximum absolute atomic E-state index is 12.2. The summed E-state index contributed by atoms with van der Waals surface area (Å²) in [5.74, 6) is 0. The summed E-state index contributed by atoms with van der Waals surface area (Å²) in [5.41, 5.74) is 5.01. The molecule has 1 unspecified atom stereocenters. The van der Waals surface area contributed by atoms with Crippen LogP contribution in [0.15, 0.2) is 24.3 Å². The second kappa shape index (κ2) is 5.13. The van der Waals surface area contributed by atoms with Crippen molar-refractivity contribution in [1.82, 2.24) is 0 Å². The van der Waals surface area contributed by atoms with E-state index >= 15 is 0 Å². The van der Waals surface area contributed by atoms with Crippen LogP contribution < -0.4 is 5.73 Å². The molecule has 0 aliphatic heterocycles. The Morgan fingerprint density at radius 2 is 1.94 bits per heavy atom. The van der Waals surface area contributed by atoms with Crippen LogP contribution in [0, 0.1) is 10.1 Å². The Labute approximate surface area is 95.4 Å². The molecule has 1 aromatic rings. The van der Waals surface area contributed by atoms with Gasteiger partial charge in [-0.1, -0.05) is 18.2 Å². The first-order chi connectivity index (χ1) is 7.82. The summed E-state index contributed by atoms with van der Waals surface area (Å²) >= 11 is 0. The number of nitrogens with two attached hydrogens (primary N) is 1. The summed E-state index contributed by atoms with van der Waals surface area (Å²) in [6.07, 6.45) is -4.91. The summed E-state index contributed by atoms with van der Waals surface area (Å²) in [5, 5.41) is 10.6. The molecule has 0 fully saturated rings. The molecule has 0 aromatic heterocycles. The van der Waals surface area contributed by atoms with Crippen LogP contribution in [0.1, 0.15) is 12.0 Å². The number of aryl methyl sites for hydroxylation is 1. The Balaban J connectivity index is 2.73. The number of hydrogen-bond donors (Lipinski definition) is 1. The number of para-hydroxylation sites is 1. The Morgan fingerprint density at radius 3 is 2.47 bits per heavy atom. The van der Waals surface area contributed by atoms with Crippen molar-refractivity contribution >= 4 is 5.69 Å². The van der Waals surface area contributed by atoms with E-state index in [2.05, 4.69) is 0 Å². The summed E-state index contributed by atoms with van der Waals surface area (Å²) in [6.45, 7) is 0. The molecule has 0 saturated carbocycles. The number of nitro groups is 1. The number of nitro benzene ring substituents is 1. The molecule has 1 rings (SSSR count). The van der Waals surface area contributed by atoms with E-state index in [-0.39, 0.29) is 24.1 Å². The van der Waals surface area contributed by atoms with Gasteiger partial charge in [-0.05, 0) is 12.8 Å². The maximum Gasteiger partial charge on any atom is 0.403 e.